The number of thiophene rings is 1. The average molecular weight is 268 g/mol. The Bertz CT molecular complexity index is 316. The summed E-state index contributed by atoms with van der Waals surface area (Å²) < 4.78 is 5.52. The Balaban J connectivity index is 1.57. The lowest BCUT2D eigenvalue weighted by molar-refractivity contribution is -0.00780. The first-order chi connectivity index (χ1) is 8.90. The summed E-state index contributed by atoms with van der Waals surface area (Å²) in [4.78, 5) is 4.03. The lowest BCUT2D eigenvalue weighted by Gasteiger charge is -2.35. The zero-order valence-corrected chi connectivity index (χ0v) is 12.0. The van der Waals surface area contributed by atoms with Crippen molar-refractivity contribution in [3.05, 3.63) is 22.4 Å². The van der Waals surface area contributed by atoms with Gasteiger partial charge >= 0.3 is 0 Å². The average Bonchev–Trinajstić information content (AvgIpc) is 2.92. The van der Waals surface area contributed by atoms with Gasteiger partial charge < -0.3 is 10.1 Å². The van der Waals surface area contributed by atoms with Crippen LogP contribution in [-0.2, 0) is 11.2 Å². The van der Waals surface area contributed by atoms with Gasteiger partial charge in [-0.2, -0.15) is 0 Å². The summed E-state index contributed by atoms with van der Waals surface area (Å²) in [6, 6.07) is 4.96. The van der Waals surface area contributed by atoms with E-state index in [0.29, 0.717) is 6.04 Å². The summed E-state index contributed by atoms with van der Waals surface area (Å²) in [5.74, 6) is 0. The Morgan fingerprint density at radius 1 is 1.50 bits per heavy atom. The Morgan fingerprint density at radius 3 is 3.22 bits per heavy atom. The zero-order chi connectivity index (χ0) is 12.6. The smallest absolute Gasteiger partial charge is 0.0622 e. The van der Waals surface area contributed by atoms with Crippen molar-refractivity contribution >= 4 is 11.3 Å². The van der Waals surface area contributed by atoms with Crippen LogP contribution in [0.2, 0.25) is 0 Å². The molecule has 102 valence electrons. The Morgan fingerprint density at radius 2 is 2.44 bits per heavy atom. The molecule has 3 nitrogen and oxygen atoms in total. The third-order valence-electron chi connectivity index (χ3n) is 3.52. The normalized spacial score (nSPS) is 21.3. The number of hydrogen-bond acceptors (Lipinski definition) is 4. The molecular weight excluding hydrogens is 244 g/mol. The minimum Gasteiger partial charge on any atom is -0.378 e. The summed E-state index contributed by atoms with van der Waals surface area (Å²) >= 11 is 1.85. The maximum Gasteiger partial charge on any atom is 0.0622 e. The Labute approximate surface area is 114 Å². The topological polar surface area (TPSA) is 24.5 Å². The fourth-order valence-corrected chi connectivity index (χ4v) is 3.08. The monoisotopic (exact) mass is 268 g/mol. The van der Waals surface area contributed by atoms with Gasteiger partial charge in [0.05, 0.1) is 13.2 Å². The molecule has 1 aromatic rings. The van der Waals surface area contributed by atoms with Crippen LogP contribution in [0, 0.1) is 0 Å². The minimum atomic E-state index is 0.623. The number of ether oxygens (including phenoxy) is 1. The van der Waals surface area contributed by atoms with Crippen LogP contribution in [0.15, 0.2) is 17.5 Å². The molecule has 0 amide bonds. The molecule has 1 atom stereocenters. The van der Waals surface area contributed by atoms with Crippen LogP contribution in [0.25, 0.3) is 0 Å². The molecule has 0 radical (unpaired) electrons. The molecule has 1 saturated heterocycles. The van der Waals surface area contributed by atoms with Crippen molar-refractivity contribution in [2.45, 2.75) is 25.8 Å². The second kappa shape index (κ2) is 7.89. The second-order valence-electron chi connectivity index (χ2n) is 4.75. The van der Waals surface area contributed by atoms with E-state index in [1.54, 1.807) is 0 Å². The number of nitrogens with zero attached hydrogens (tertiary/aromatic N) is 1. The lowest BCUT2D eigenvalue weighted by atomic mass is 10.2. The van der Waals surface area contributed by atoms with Gasteiger partial charge in [-0.25, -0.2) is 0 Å². The van der Waals surface area contributed by atoms with Crippen LogP contribution in [0.5, 0.6) is 0 Å². The number of nitrogens with one attached hydrogen (secondary N) is 1. The molecule has 1 fully saturated rings. The molecule has 0 spiro atoms. The largest absolute Gasteiger partial charge is 0.378 e. The van der Waals surface area contributed by atoms with Crippen LogP contribution >= 0.6 is 11.3 Å². The van der Waals surface area contributed by atoms with E-state index in [4.69, 9.17) is 4.74 Å². The summed E-state index contributed by atoms with van der Waals surface area (Å²) in [6.07, 6.45) is 2.34. The zero-order valence-electron chi connectivity index (χ0n) is 11.2. The van der Waals surface area contributed by atoms with Crippen LogP contribution in [0.1, 0.15) is 18.2 Å². The van der Waals surface area contributed by atoms with Crippen LogP contribution in [-0.4, -0.2) is 50.3 Å². The predicted molar refractivity (Wildman–Crippen MR) is 77.4 cm³/mol. The number of rotatable bonds is 7. The molecule has 1 aliphatic heterocycles. The van der Waals surface area contributed by atoms with Crippen molar-refractivity contribution in [2.75, 3.05) is 39.4 Å². The van der Waals surface area contributed by atoms with Gasteiger partial charge in [-0.3, -0.25) is 4.90 Å². The van der Waals surface area contributed by atoms with Gasteiger partial charge in [-0.1, -0.05) is 13.0 Å². The van der Waals surface area contributed by atoms with Crippen molar-refractivity contribution < 1.29 is 4.74 Å². The van der Waals surface area contributed by atoms with E-state index in [1.807, 2.05) is 11.3 Å². The van der Waals surface area contributed by atoms with Gasteiger partial charge in [0, 0.05) is 37.1 Å². The molecule has 0 aliphatic carbocycles. The molecule has 2 heterocycles. The second-order valence-corrected chi connectivity index (χ2v) is 5.78. The fraction of sp³-hybridized carbons (Fsp3) is 0.714. The number of hydrogen-bond donors (Lipinski definition) is 1. The van der Waals surface area contributed by atoms with Crippen LogP contribution in [0.4, 0.5) is 0 Å². The van der Waals surface area contributed by atoms with Crippen molar-refractivity contribution in [3.63, 3.8) is 0 Å². The third-order valence-corrected chi connectivity index (χ3v) is 4.46. The van der Waals surface area contributed by atoms with Gasteiger partial charge in [-0.05, 0) is 24.3 Å². The highest BCUT2D eigenvalue weighted by Crippen LogP contribution is 2.09. The lowest BCUT2D eigenvalue weighted by Crippen LogP contribution is -2.47. The summed E-state index contributed by atoms with van der Waals surface area (Å²) in [7, 11) is 0. The predicted octanol–water partition coefficient (Wildman–Crippen LogP) is 1.99. The molecular formula is C14H24N2OS. The maximum atomic E-state index is 5.52. The quantitative estimate of drug-likeness (QED) is 0.766. The van der Waals surface area contributed by atoms with E-state index in [0.717, 1.165) is 45.8 Å². The molecule has 1 N–H and O–H groups in total. The highest BCUT2D eigenvalue weighted by Gasteiger charge is 2.20. The SMILES string of the molecule is CCC1COCCN1CCNCCc1cccs1. The molecule has 0 saturated carbocycles. The minimum absolute atomic E-state index is 0.623. The van der Waals surface area contributed by atoms with E-state index >= 15 is 0 Å². The Kier molecular flexibility index (Phi) is 6.14. The summed E-state index contributed by atoms with van der Waals surface area (Å²) in [6.45, 7) is 8.45. The van der Waals surface area contributed by atoms with Crippen molar-refractivity contribution in [3.8, 4) is 0 Å². The van der Waals surface area contributed by atoms with E-state index in [-0.39, 0.29) is 0 Å². The third kappa shape index (κ3) is 4.35. The van der Waals surface area contributed by atoms with E-state index in [9.17, 15) is 0 Å². The van der Waals surface area contributed by atoms with Gasteiger partial charge in [0.25, 0.3) is 0 Å². The molecule has 1 aliphatic rings. The molecule has 0 bridgehead atoms. The van der Waals surface area contributed by atoms with Crippen molar-refractivity contribution in [2.24, 2.45) is 0 Å². The molecule has 2 rings (SSSR count). The van der Waals surface area contributed by atoms with Crippen LogP contribution < -0.4 is 5.32 Å². The van der Waals surface area contributed by atoms with Gasteiger partial charge in [-0.15, -0.1) is 11.3 Å². The van der Waals surface area contributed by atoms with E-state index in [1.165, 1.54) is 11.3 Å². The highest BCUT2D eigenvalue weighted by molar-refractivity contribution is 7.09. The first-order valence-electron chi connectivity index (χ1n) is 6.95. The van der Waals surface area contributed by atoms with Crippen molar-refractivity contribution in [1.29, 1.82) is 0 Å². The van der Waals surface area contributed by atoms with Gasteiger partial charge in [0.1, 0.15) is 0 Å². The summed E-state index contributed by atoms with van der Waals surface area (Å²) in [5, 5.41) is 5.69. The summed E-state index contributed by atoms with van der Waals surface area (Å²) in [5.41, 5.74) is 0. The van der Waals surface area contributed by atoms with E-state index < -0.39 is 0 Å². The maximum absolute atomic E-state index is 5.52. The molecule has 4 heteroatoms. The van der Waals surface area contributed by atoms with E-state index in [2.05, 4.69) is 34.7 Å². The van der Waals surface area contributed by atoms with Crippen LogP contribution in [0.3, 0.4) is 0 Å². The Hall–Kier alpha value is -0.420. The fourth-order valence-electron chi connectivity index (χ4n) is 2.37. The highest BCUT2D eigenvalue weighted by atomic mass is 32.1. The first kappa shape index (κ1) is 14.0. The first-order valence-corrected chi connectivity index (χ1v) is 7.83. The van der Waals surface area contributed by atoms with Gasteiger partial charge in [0.15, 0.2) is 0 Å². The standard InChI is InChI=1S/C14H24N2OS/c1-2-13-12-17-10-9-16(13)8-7-15-6-5-14-4-3-11-18-14/h3-4,11,13,15H,2,5-10,12H2,1H3. The molecule has 1 aromatic heterocycles. The van der Waals surface area contributed by atoms with Gasteiger partial charge in [0.2, 0.25) is 0 Å². The number of morpholine rings is 1. The van der Waals surface area contributed by atoms with Crippen molar-refractivity contribution in [1.82, 2.24) is 10.2 Å². The molecule has 0 aromatic carbocycles. The molecule has 18 heavy (non-hydrogen) atoms. The molecule has 1 unspecified atom stereocenters.